The van der Waals surface area contributed by atoms with Crippen molar-refractivity contribution >= 4 is 30.0 Å². The van der Waals surface area contributed by atoms with E-state index in [0.717, 1.165) is 6.29 Å². The van der Waals surface area contributed by atoms with Crippen LogP contribution in [0.1, 0.15) is 38.1 Å². The molecule has 3 aromatic rings. The largest absolute Gasteiger partial charge is 0.494 e. The molecule has 0 saturated carbocycles. The molecule has 0 unspecified atom stereocenters. The Morgan fingerprint density at radius 3 is 2.41 bits per heavy atom. The number of fused-ring (bicyclic) bond motifs is 1. The van der Waals surface area contributed by atoms with Crippen molar-refractivity contribution in [3.05, 3.63) is 47.8 Å². The number of rotatable bonds is 3. The van der Waals surface area contributed by atoms with E-state index in [9.17, 15) is 9.18 Å². The van der Waals surface area contributed by atoms with Gasteiger partial charge in [0.15, 0.2) is 11.4 Å². The van der Waals surface area contributed by atoms with Crippen molar-refractivity contribution < 1.29 is 22.9 Å². The molecule has 2 aromatic carbocycles. The number of halogens is 1. The Balaban J connectivity index is 1.80. The molecule has 1 aliphatic heterocycles. The number of hydrogen-bond donors (Lipinski definition) is 0. The molecule has 0 atom stereocenters. The number of aromatic nitrogens is 1. The summed E-state index contributed by atoms with van der Waals surface area (Å²) in [6, 6.07) is 9.67. The van der Waals surface area contributed by atoms with Crippen LogP contribution < -0.4 is 5.46 Å². The first-order chi connectivity index (χ1) is 12.7. The Hall–Kier alpha value is -2.51. The minimum atomic E-state index is -0.630. The predicted octanol–water partition coefficient (Wildman–Crippen LogP) is 3.75. The minimum absolute atomic E-state index is 0.154. The van der Waals surface area contributed by atoms with E-state index in [1.807, 2.05) is 27.7 Å². The number of para-hydroxylation sites is 1. The number of carbonyl (C=O) groups excluding carboxylic acids is 1. The molecular formula is C20H19BFNO4. The molecule has 7 heteroatoms. The van der Waals surface area contributed by atoms with E-state index < -0.39 is 24.1 Å². The van der Waals surface area contributed by atoms with Crippen LogP contribution in [0.2, 0.25) is 0 Å². The van der Waals surface area contributed by atoms with Gasteiger partial charge in [0.05, 0.1) is 11.2 Å². The van der Waals surface area contributed by atoms with Crippen molar-refractivity contribution in [1.29, 1.82) is 0 Å². The SMILES string of the molecule is CC1(C)OB(c2cc(C=O)cc(-c3nc4c(F)cccc4o3)c2)OC1(C)C. The summed E-state index contributed by atoms with van der Waals surface area (Å²) in [5.41, 5.74) is 1.15. The molecule has 1 aliphatic rings. The highest BCUT2D eigenvalue weighted by Crippen LogP contribution is 2.37. The Morgan fingerprint density at radius 2 is 1.78 bits per heavy atom. The molecule has 5 nitrogen and oxygen atoms in total. The van der Waals surface area contributed by atoms with Crippen molar-refractivity contribution in [2.45, 2.75) is 38.9 Å². The van der Waals surface area contributed by atoms with Crippen LogP contribution in [0.25, 0.3) is 22.6 Å². The first-order valence-corrected chi connectivity index (χ1v) is 8.71. The van der Waals surface area contributed by atoms with Crippen LogP contribution in [0.15, 0.2) is 40.8 Å². The molecule has 27 heavy (non-hydrogen) atoms. The van der Waals surface area contributed by atoms with Crippen molar-refractivity contribution in [2.24, 2.45) is 0 Å². The van der Waals surface area contributed by atoms with Crippen molar-refractivity contribution in [3.63, 3.8) is 0 Å². The van der Waals surface area contributed by atoms with E-state index in [-0.39, 0.29) is 11.4 Å². The topological polar surface area (TPSA) is 61.6 Å². The fraction of sp³-hybridized carbons (Fsp3) is 0.300. The van der Waals surface area contributed by atoms with Gasteiger partial charge in [-0.15, -0.1) is 0 Å². The third-order valence-electron chi connectivity index (χ3n) is 5.26. The highest BCUT2D eigenvalue weighted by atomic mass is 19.1. The average Bonchev–Trinajstić information content (AvgIpc) is 3.14. The van der Waals surface area contributed by atoms with E-state index in [0.29, 0.717) is 22.2 Å². The summed E-state index contributed by atoms with van der Waals surface area (Å²) >= 11 is 0. The molecule has 0 radical (unpaired) electrons. The normalized spacial score (nSPS) is 18.2. The lowest BCUT2D eigenvalue weighted by atomic mass is 9.77. The first-order valence-electron chi connectivity index (χ1n) is 8.71. The maximum absolute atomic E-state index is 13.9. The lowest BCUT2D eigenvalue weighted by Gasteiger charge is -2.32. The van der Waals surface area contributed by atoms with Crippen LogP contribution in [0.3, 0.4) is 0 Å². The van der Waals surface area contributed by atoms with Gasteiger partial charge in [0.25, 0.3) is 0 Å². The second-order valence-electron chi connectivity index (χ2n) is 7.70. The lowest BCUT2D eigenvalue weighted by Crippen LogP contribution is -2.41. The smallest absolute Gasteiger partial charge is 0.436 e. The Morgan fingerprint density at radius 1 is 1.07 bits per heavy atom. The van der Waals surface area contributed by atoms with Gasteiger partial charge in [-0.2, -0.15) is 0 Å². The van der Waals surface area contributed by atoms with Gasteiger partial charge < -0.3 is 13.7 Å². The van der Waals surface area contributed by atoms with E-state index >= 15 is 0 Å². The number of nitrogens with zero attached hydrogens (tertiary/aromatic N) is 1. The second kappa shape index (κ2) is 6.01. The standard InChI is InChI=1S/C20H19BFNO4/c1-19(2)20(3,4)27-21(26-19)14-9-12(11-24)8-13(10-14)18-23-17-15(22)6-5-7-16(17)25-18/h5-11H,1-4H3. The van der Waals surface area contributed by atoms with Crippen molar-refractivity contribution in [1.82, 2.24) is 4.98 Å². The van der Waals surface area contributed by atoms with Crippen LogP contribution in [0, 0.1) is 5.82 Å². The predicted molar refractivity (Wildman–Crippen MR) is 101 cm³/mol. The second-order valence-corrected chi connectivity index (χ2v) is 7.70. The number of oxazole rings is 1. The van der Waals surface area contributed by atoms with E-state index in [1.54, 1.807) is 30.3 Å². The molecule has 0 amide bonds. The highest BCUT2D eigenvalue weighted by Gasteiger charge is 2.51. The van der Waals surface area contributed by atoms with E-state index in [4.69, 9.17) is 13.7 Å². The van der Waals surface area contributed by atoms with Crippen LogP contribution in [0.5, 0.6) is 0 Å². The molecule has 138 valence electrons. The van der Waals surface area contributed by atoms with Gasteiger partial charge in [-0.25, -0.2) is 9.37 Å². The van der Waals surface area contributed by atoms with Crippen molar-refractivity contribution in [3.8, 4) is 11.5 Å². The molecule has 1 fully saturated rings. The van der Waals surface area contributed by atoms with Crippen LogP contribution >= 0.6 is 0 Å². The summed E-state index contributed by atoms with van der Waals surface area (Å²) in [7, 11) is -0.630. The maximum atomic E-state index is 13.9. The third kappa shape index (κ3) is 2.97. The summed E-state index contributed by atoms with van der Waals surface area (Å²) in [6.07, 6.45) is 0.738. The Kier molecular flexibility index (Phi) is 3.98. The van der Waals surface area contributed by atoms with Gasteiger partial charge in [0.1, 0.15) is 11.8 Å². The molecule has 0 N–H and O–H groups in total. The van der Waals surface area contributed by atoms with Crippen molar-refractivity contribution in [2.75, 3.05) is 0 Å². The number of aldehydes is 1. The van der Waals surface area contributed by atoms with Gasteiger partial charge in [0, 0.05) is 11.1 Å². The lowest BCUT2D eigenvalue weighted by molar-refractivity contribution is 0.00578. The summed E-state index contributed by atoms with van der Waals surface area (Å²) in [4.78, 5) is 15.7. The van der Waals surface area contributed by atoms with Gasteiger partial charge in [-0.05, 0) is 57.4 Å². The fourth-order valence-electron chi connectivity index (χ4n) is 3.02. The van der Waals surface area contributed by atoms with Crippen LogP contribution in [0.4, 0.5) is 4.39 Å². The zero-order valence-electron chi connectivity index (χ0n) is 15.6. The maximum Gasteiger partial charge on any atom is 0.494 e. The number of carbonyl (C=O) groups is 1. The average molecular weight is 367 g/mol. The van der Waals surface area contributed by atoms with Gasteiger partial charge >= 0.3 is 7.12 Å². The van der Waals surface area contributed by atoms with Gasteiger partial charge in [-0.3, -0.25) is 4.79 Å². The Bertz CT molecular complexity index is 1030. The number of hydrogen-bond acceptors (Lipinski definition) is 5. The Labute approximate surface area is 156 Å². The fourth-order valence-corrected chi connectivity index (χ4v) is 3.02. The number of benzene rings is 2. The molecule has 2 heterocycles. The molecule has 1 saturated heterocycles. The third-order valence-corrected chi connectivity index (χ3v) is 5.26. The van der Waals surface area contributed by atoms with Crippen LogP contribution in [-0.4, -0.2) is 29.6 Å². The monoisotopic (exact) mass is 367 g/mol. The quantitative estimate of drug-likeness (QED) is 0.521. The van der Waals surface area contributed by atoms with Gasteiger partial charge in [0.2, 0.25) is 5.89 Å². The summed E-state index contributed by atoms with van der Waals surface area (Å²) < 4.78 is 31.8. The summed E-state index contributed by atoms with van der Waals surface area (Å²) in [5, 5.41) is 0. The molecular weight excluding hydrogens is 348 g/mol. The minimum Gasteiger partial charge on any atom is -0.436 e. The molecule has 4 rings (SSSR count). The molecule has 0 aliphatic carbocycles. The van der Waals surface area contributed by atoms with Gasteiger partial charge in [-0.1, -0.05) is 12.1 Å². The zero-order chi connectivity index (χ0) is 19.4. The highest BCUT2D eigenvalue weighted by molar-refractivity contribution is 6.62. The molecule has 0 bridgehead atoms. The first kappa shape index (κ1) is 17.9. The summed E-state index contributed by atoms with van der Waals surface area (Å²) in [5.74, 6) is -0.225. The zero-order valence-corrected chi connectivity index (χ0v) is 15.6. The van der Waals surface area contributed by atoms with Crippen LogP contribution in [-0.2, 0) is 9.31 Å². The van der Waals surface area contributed by atoms with E-state index in [1.165, 1.54) is 6.07 Å². The summed E-state index contributed by atoms with van der Waals surface area (Å²) in [6.45, 7) is 7.84. The molecule has 0 spiro atoms. The molecule has 1 aromatic heterocycles. The van der Waals surface area contributed by atoms with E-state index in [2.05, 4.69) is 4.98 Å².